The maximum Gasteiger partial charge on any atom is 0.471 e. The molecule has 0 saturated carbocycles. The fraction of sp³-hybridized carbons (Fsp3) is 0.545. The van der Waals surface area contributed by atoms with Crippen molar-refractivity contribution in [3.63, 3.8) is 0 Å². The van der Waals surface area contributed by atoms with Gasteiger partial charge in [0.1, 0.15) is 0 Å². The van der Waals surface area contributed by atoms with Gasteiger partial charge in [-0.15, -0.1) is 0 Å². The molecule has 0 unspecified atom stereocenters. The average Bonchev–Trinajstić information content (AvgIpc) is 2.39. The summed E-state index contributed by atoms with van der Waals surface area (Å²) in [7, 11) is 0. The van der Waals surface area contributed by atoms with Crippen LogP contribution < -0.4 is 10.2 Å². The van der Waals surface area contributed by atoms with Crippen LogP contribution in [0, 0.1) is 0 Å². The third-order valence-corrected chi connectivity index (χ3v) is 2.92. The number of nitrogens with zero attached hydrogens (tertiary/aromatic N) is 3. The van der Waals surface area contributed by atoms with E-state index in [-0.39, 0.29) is 0 Å². The monoisotopic (exact) mass is 274 g/mol. The fourth-order valence-electron chi connectivity index (χ4n) is 1.95. The smallest absolute Gasteiger partial charge is 0.345 e. The molecule has 1 N–H and O–H groups in total. The highest BCUT2D eigenvalue weighted by Gasteiger charge is 2.40. The van der Waals surface area contributed by atoms with Gasteiger partial charge < -0.3 is 10.2 Å². The lowest BCUT2D eigenvalue weighted by molar-refractivity contribution is -0.174. The predicted octanol–water partition coefficient (Wildman–Crippen LogP) is 1.12. The molecular weight excluding hydrogens is 261 g/mol. The number of piperidine rings is 1. The summed E-state index contributed by atoms with van der Waals surface area (Å²) in [5, 5.41) is 2.00. The van der Waals surface area contributed by atoms with E-state index < -0.39 is 18.1 Å². The second-order valence-electron chi connectivity index (χ2n) is 4.28. The molecule has 1 aromatic rings. The van der Waals surface area contributed by atoms with Gasteiger partial charge in [0.15, 0.2) is 0 Å². The van der Waals surface area contributed by atoms with Gasteiger partial charge in [-0.2, -0.15) is 13.2 Å². The fourth-order valence-corrected chi connectivity index (χ4v) is 1.95. The number of aromatic nitrogens is 2. The number of anilines is 1. The highest BCUT2D eigenvalue weighted by atomic mass is 19.4. The molecule has 1 aliphatic heterocycles. The standard InChI is InChI=1S/C11H13F3N4O/c12-11(13,14)9(19)17-8-2-6-18(7-3-8)10-15-4-1-5-16-10/h1,4-5,8H,2-3,6-7H2,(H,17,19). The molecule has 8 heteroatoms. The Bertz CT molecular complexity index is 429. The SMILES string of the molecule is O=C(NC1CCN(c2ncccn2)CC1)C(F)(F)F. The number of rotatable bonds is 2. The Morgan fingerprint density at radius 2 is 1.84 bits per heavy atom. The zero-order valence-electron chi connectivity index (χ0n) is 10.0. The summed E-state index contributed by atoms with van der Waals surface area (Å²) in [6, 6.07) is 1.24. The average molecular weight is 274 g/mol. The van der Waals surface area contributed by atoms with Crippen LogP contribution in [0.5, 0.6) is 0 Å². The van der Waals surface area contributed by atoms with Crippen molar-refractivity contribution in [3.8, 4) is 0 Å². The second kappa shape index (κ2) is 5.41. The third kappa shape index (κ3) is 3.55. The van der Waals surface area contributed by atoms with Crippen LogP contribution in [0.4, 0.5) is 19.1 Å². The first kappa shape index (κ1) is 13.6. The number of hydrogen-bond donors (Lipinski definition) is 1. The lowest BCUT2D eigenvalue weighted by Crippen LogP contribution is -2.48. The summed E-state index contributed by atoms with van der Waals surface area (Å²) in [5.41, 5.74) is 0. The van der Waals surface area contributed by atoms with Gasteiger partial charge >= 0.3 is 12.1 Å². The van der Waals surface area contributed by atoms with Crippen LogP contribution in [0.3, 0.4) is 0 Å². The Morgan fingerprint density at radius 3 is 2.37 bits per heavy atom. The largest absolute Gasteiger partial charge is 0.471 e. The Hall–Kier alpha value is -1.86. The Kier molecular flexibility index (Phi) is 3.87. The summed E-state index contributed by atoms with van der Waals surface area (Å²) in [4.78, 5) is 20.8. The van der Waals surface area contributed by atoms with Crippen molar-refractivity contribution >= 4 is 11.9 Å². The normalized spacial score (nSPS) is 17.3. The van der Waals surface area contributed by atoms with Gasteiger partial charge in [0.05, 0.1) is 0 Å². The van der Waals surface area contributed by atoms with E-state index in [1.165, 1.54) is 0 Å². The van der Waals surface area contributed by atoms with Gasteiger partial charge in [0.2, 0.25) is 5.95 Å². The summed E-state index contributed by atoms with van der Waals surface area (Å²) >= 11 is 0. The Labute approximate surface area is 107 Å². The van der Waals surface area contributed by atoms with Gasteiger partial charge in [-0.3, -0.25) is 4.79 Å². The molecule has 0 radical (unpaired) electrons. The molecule has 0 aliphatic carbocycles. The van der Waals surface area contributed by atoms with Crippen LogP contribution in [0.25, 0.3) is 0 Å². The zero-order valence-corrected chi connectivity index (χ0v) is 10.0. The molecule has 19 heavy (non-hydrogen) atoms. The van der Waals surface area contributed by atoms with E-state index in [9.17, 15) is 18.0 Å². The summed E-state index contributed by atoms with van der Waals surface area (Å²) < 4.78 is 36.3. The van der Waals surface area contributed by atoms with Gasteiger partial charge in [0.25, 0.3) is 0 Å². The summed E-state index contributed by atoms with van der Waals surface area (Å²) in [6.45, 7) is 1.04. The van der Waals surface area contributed by atoms with Crippen LogP contribution in [-0.4, -0.2) is 41.2 Å². The third-order valence-electron chi connectivity index (χ3n) is 2.92. The molecule has 2 rings (SSSR count). The first-order valence-electron chi connectivity index (χ1n) is 5.86. The van der Waals surface area contributed by atoms with Crippen molar-refractivity contribution in [2.45, 2.75) is 25.1 Å². The van der Waals surface area contributed by atoms with Crippen LogP contribution in [0.1, 0.15) is 12.8 Å². The maximum atomic E-state index is 12.1. The van der Waals surface area contributed by atoms with E-state index in [0.29, 0.717) is 31.9 Å². The minimum absolute atomic E-state index is 0.445. The number of alkyl halides is 3. The first-order chi connectivity index (χ1) is 8.97. The number of amides is 1. The van der Waals surface area contributed by atoms with E-state index in [4.69, 9.17) is 0 Å². The second-order valence-corrected chi connectivity index (χ2v) is 4.28. The minimum atomic E-state index is -4.82. The van der Waals surface area contributed by atoms with Crippen LogP contribution in [-0.2, 0) is 4.79 Å². The highest BCUT2D eigenvalue weighted by molar-refractivity contribution is 5.81. The number of hydrogen-bond acceptors (Lipinski definition) is 4. The molecule has 1 aromatic heterocycles. The quantitative estimate of drug-likeness (QED) is 0.878. The molecule has 2 heterocycles. The van der Waals surface area contributed by atoms with E-state index in [2.05, 4.69) is 9.97 Å². The van der Waals surface area contributed by atoms with Crippen LogP contribution in [0.15, 0.2) is 18.5 Å². The Balaban J connectivity index is 1.85. The molecular formula is C11H13F3N4O. The van der Waals surface area contributed by atoms with E-state index in [0.717, 1.165) is 0 Å². The van der Waals surface area contributed by atoms with Crippen molar-refractivity contribution in [2.24, 2.45) is 0 Å². The molecule has 1 saturated heterocycles. The zero-order chi connectivity index (χ0) is 13.9. The van der Waals surface area contributed by atoms with Crippen LogP contribution in [0.2, 0.25) is 0 Å². The lowest BCUT2D eigenvalue weighted by Gasteiger charge is -2.32. The predicted molar refractivity (Wildman–Crippen MR) is 61.5 cm³/mol. The topological polar surface area (TPSA) is 58.1 Å². The summed E-state index contributed by atoms with van der Waals surface area (Å²) in [5.74, 6) is -1.31. The van der Waals surface area contributed by atoms with Crippen molar-refractivity contribution < 1.29 is 18.0 Å². The van der Waals surface area contributed by atoms with Gasteiger partial charge in [-0.05, 0) is 18.9 Å². The summed E-state index contributed by atoms with van der Waals surface area (Å²) in [6.07, 6.45) is -0.709. The molecule has 0 atom stereocenters. The number of carbonyl (C=O) groups excluding carboxylic acids is 1. The minimum Gasteiger partial charge on any atom is -0.345 e. The first-order valence-corrected chi connectivity index (χ1v) is 5.86. The molecule has 1 aliphatic rings. The molecule has 1 fully saturated rings. The molecule has 5 nitrogen and oxygen atoms in total. The van der Waals surface area contributed by atoms with Crippen LogP contribution >= 0.6 is 0 Å². The molecule has 0 bridgehead atoms. The molecule has 104 valence electrons. The van der Waals surface area contributed by atoms with E-state index in [1.54, 1.807) is 18.5 Å². The molecule has 0 spiro atoms. The number of nitrogens with one attached hydrogen (secondary N) is 1. The molecule has 1 amide bonds. The maximum absolute atomic E-state index is 12.1. The molecule has 0 aromatic carbocycles. The van der Waals surface area contributed by atoms with Gasteiger partial charge in [-0.25, -0.2) is 9.97 Å². The number of halogens is 3. The van der Waals surface area contributed by atoms with Gasteiger partial charge in [0, 0.05) is 31.5 Å². The lowest BCUT2D eigenvalue weighted by atomic mass is 10.1. The van der Waals surface area contributed by atoms with E-state index >= 15 is 0 Å². The Morgan fingerprint density at radius 1 is 1.26 bits per heavy atom. The van der Waals surface area contributed by atoms with Crippen molar-refractivity contribution in [1.82, 2.24) is 15.3 Å². The van der Waals surface area contributed by atoms with Crippen molar-refractivity contribution in [3.05, 3.63) is 18.5 Å². The highest BCUT2D eigenvalue weighted by Crippen LogP contribution is 2.18. The van der Waals surface area contributed by atoms with Gasteiger partial charge in [-0.1, -0.05) is 0 Å². The van der Waals surface area contributed by atoms with Crippen molar-refractivity contribution in [2.75, 3.05) is 18.0 Å². The van der Waals surface area contributed by atoms with E-state index in [1.807, 2.05) is 10.2 Å². The number of carbonyl (C=O) groups is 1. The van der Waals surface area contributed by atoms with Crippen molar-refractivity contribution in [1.29, 1.82) is 0 Å².